The fourth-order valence-corrected chi connectivity index (χ4v) is 8.01. The number of amides is 3. The van der Waals surface area contributed by atoms with E-state index in [0.29, 0.717) is 58.8 Å². The minimum Gasteiger partial charge on any atom is -0.394 e. The highest BCUT2D eigenvalue weighted by Crippen LogP contribution is 2.64. The quantitative estimate of drug-likeness (QED) is 0.323. The van der Waals surface area contributed by atoms with Gasteiger partial charge in [-0.2, -0.15) is 0 Å². The van der Waals surface area contributed by atoms with Gasteiger partial charge in [0, 0.05) is 45.8 Å². The Hall–Kier alpha value is -3.05. The lowest BCUT2D eigenvalue weighted by Crippen LogP contribution is -2.58. The number of aliphatic hydroxyl groups excluding tert-OH is 1. The standard InChI is InChI=1S/C34H48N4O6/c1-5-15-36(16-6-2)30(40)27-28-31(41)38(26(24-39)25-11-9-8-10-12-25)29(34(28)14-13-33(27,4)44-34)32(42)37(17-7-3)19-18-35-20-22-43-23-21-35/h5,7-12,26-29,39H,1,3,6,13-24H2,2,4H3/t26-,27-,28+,29?,33+,34?/m1/s1. The molecule has 0 aliphatic carbocycles. The number of benzene rings is 1. The van der Waals surface area contributed by atoms with Crippen LogP contribution in [-0.2, 0) is 23.9 Å². The van der Waals surface area contributed by atoms with Gasteiger partial charge in [0.1, 0.15) is 11.6 Å². The molecule has 4 fully saturated rings. The van der Waals surface area contributed by atoms with E-state index in [1.165, 1.54) is 0 Å². The lowest BCUT2D eigenvalue weighted by Gasteiger charge is -2.40. The minimum absolute atomic E-state index is 0.141. The summed E-state index contributed by atoms with van der Waals surface area (Å²) < 4.78 is 12.4. The van der Waals surface area contributed by atoms with Gasteiger partial charge in [-0.3, -0.25) is 19.3 Å². The molecule has 6 atom stereocenters. The number of fused-ring (bicyclic) bond motifs is 1. The van der Waals surface area contributed by atoms with Crippen molar-refractivity contribution in [3.63, 3.8) is 0 Å². The van der Waals surface area contributed by atoms with E-state index in [1.54, 1.807) is 26.9 Å². The first-order valence-corrected chi connectivity index (χ1v) is 16.0. The molecule has 1 aromatic rings. The number of morpholine rings is 1. The number of hydrogen-bond acceptors (Lipinski definition) is 7. The van der Waals surface area contributed by atoms with E-state index < -0.39 is 35.1 Å². The summed E-state index contributed by atoms with van der Waals surface area (Å²) in [6.45, 7) is 16.5. The molecule has 10 nitrogen and oxygen atoms in total. The molecular weight excluding hydrogens is 560 g/mol. The SMILES string of the molecule is C=CCN(CCN1CCOCC1)C(=O)C1N([C@H](CO)c2ccccc2)C(=O)[C@@H]2[C@H](C(=O)N(CC=C)CCC)[C@]3(C)CCC12O3. The third kappa shape index (κ3) is 5.62. The van der Waals surface area contributed by atoms with Crippen molar-refractivity contribution < 1.29 is 29.0 Å². The molecule has 0 saturated carbocycles. The van der Waals surface area contributed by atoms with E-state index >= 15 is 0 Å². The largest absolute Gasteiger partial charge is 0.394 e. The topological polar surface area (TPSA) is 103 Å². The van der Waals surface area contributed by atoms with Gasteiger partial charge in [0.2, 0.25) is 17.7 Å². The van der Waals surface area contributed by atoms with Crippen molar-refractivity contribution in [2.45, 2.75) is 56.4 Å². The lowest BCUT2D eigenvalue weighted by molar-refractivity contribution is -0.156. The van der Waals surface area contributed by atoms with Gasteiger partial charge < -0.3 is 29.3 Å². The summed E-state index contributed by atoms with van der Waals surface area (Å²) in [5, 5.41) is 10.8. The van der Waals surface area contributed by atoms with E-state index in [9.17, 15) is 19.5 Å². The maximum Gasteiger partial charge on any atom is 0.248 e. The summed E-state index contributed by atoms with van der Waals surface area (Å²) in [5.41, 5.74) is -1.34. The Morgan fingerprint density at radius 2 is 1.73 bits per heavy atom. The summed E-state index contributed by atoms with van der Waals surface area (Å²) >= 11 is 0. The van der Waals surface area contributed by atoms with Crippen LogP contribution in [-0.4, -0.2) is 125 Å². The molecule has 0 radical (unpaired) electrons. The molecule has 44 heavy (non-hydrogen) atoms. The van der Waals surface area contributed by atoms with E-state index in [0.717, 1.165) is 25.1 Å². The number of rotatable bonds is 14. The first kappa shape index (κ1) is 32.3. The minimum atomic E-state index is -1.18. The van der Waals surface area contributed by atoms with Gasteiger partial charge >= 0.3 is 0 Å². The zero-order valence-electron chi connectivity index (χ0n) is 26.2. The summed E-state index contributed by atoms with van der Waals surface area (Å²) in [4.78, 5) is 51.2. The van der Waals surface area contributed by atoms with Crippen LogP contribution in [0.1, 0.15) is 44.7 Å². The second kappa shape index (κ2) is 13.5. The third-order valence-corrected chi connectivity index (χ3v) is 10.0. The highest BCUT2D eigenvalue weighted by molar-refractivity contribution is 5.99. The molecule has 4 aliphatic heterocycles. The molecule has 0 aromatic heterocycles. The second-order valence-electron chi connectivity index (χ2n) is 12.7. The van der Waals surface area contributed by atoms with E-state index in [1.807, 2.05) is 44.2 Å². The van der Waals surface area contributed by atoms with E-state index in [-0.39, 0.29) is 24.3 Å². The van der Waals surface area contributed by atoms with Crippen LogP contribution < -0.4 is 0 Å². The van der Waals surface area contributed by atoms with Crippen molar-refractivity contribution in [2.75, 3.05) is 65.6 Å². The molecule has 4 aliphatic rings. The van der Waals surface area contributed by atoms with Gasteiger partial charge in [0.05, 0.1) is 43.3 Å². The number of nitrogens with zero attached hydrogens (tertiary/aromatic N) is 4. The molecule has 1 spiro atoms. The molecule has 4 saturated heterocycles. The number of carbonyl (C=O) groups excluding carboxylic acids is 3. The molecule has 3 amide bonds. The highest BCUT2D eigenvalue weighted by Gasteiger charge is 2.79. The Labute approximate surface area is 261 Å². The zero-order chi connectivity index (χ0) is 31.5. The van der Waals surface area contributed by atoms with Crippen molar-refractivity contribution in [1.29, 1.82) is 0 Å². The number of likely N-dealkylation sites (tertiary alicyclic amines) is 1. The molecule has 4 heterocycles. The van der Waals surface area contributed by atoms with Gasteiger partial charge in [-0.25, -0.2) is 0 Å². The molecule has 1 N–H and O–H groups in total. The normalized spacial score (nSPS) is 30.2. The Bertz CT molecular complexity index is 1220. The predicted molar refractivity (Wildman–Crippen MR) is 166 cm³/mol. The fourth-order valence-electron chi connectivity index (χ4n) is 8.01. The van der Waals surface area contributed by atoms with E-state index in [4.69, 9.17) is 9.47 Å². The number of carbonyl (C=O) groups is 3. The second-order valence-corrected chi connectivity index (χ2v) is 12.7. The van der Waals surface area contributed by atoms with Gasteiger partial charge in [-0.05, 0) is 31.7 Å². The highest BCUT2D eigenvalue weighted by atomic mass is 16.5. The zero-order valence-corrected chi connectivity index (χ0v) is 26.2. The van der Waals surface area contributed by atoms with Crippen molar-refractivity contribution in [3.8, 4) is 0 Å². The van der Waals surface area contributed by atoms with Crippen LogP contribution in [0.25, 0.3) is 0 Å². The smallest absolute Gasteiger partial charge is 0.248 e. The van der Waals surface area contributed by atoms with Crippen molar-refractivity contribution in [1.82, 2.24) is 19.6 Å². The average molecular weight is 609 g/mol. The lowest BCUT2D eigenvalue weighted by atomic mass is 9.66. The molecule has 10 heteroatoms. The molecule has 240 valence electrons. The summed E-state index contributed by atoms with van der Waals surface area (Å²) in [6, 6.07) is 7.53. The van der Waals surface area contributed by atoms with Crippen molar-refractivity contribution in [3.05, 3.63) is 61.2 Å². The van der Waals surface area contributed by atoms with Crippen LogP contribution in [0.2, 0.25) is 0 Å². The van der Waals surface area contributed by atoms with Crippen LogP contribution >= 0.6 is 0 Å². The summed E-state index contributed by atoms with van der Waals surface area (Å²) in [5.74, 6) is -2.27. The van der Waals surface area contributed by atoms with Crippen molar-refractivity contribution >= 4 is 17.7 Å². The molecule has 2 unspecified atom stereocenters. The number of ether oxygens (including phenoxy) is 2. The van der Waals surface area contributed by atoms with Gasteiger partial charge in [-0.1, -0.05) is 49.4 Å². The van der Waals surface area contributed by atoms with Gasteiger partial charge in [-0.15, -0.1) is 13.2 Å². The third-order valence-electron chi connectivity index (χ3n) is 10.0. The van der Waals surface area contributed by atoms with Crippen LogP contribution in [0.5, 0.6) is 0 Å². The Morgan fingerprint density at radius 1 is 1.07 bits per heavy atom. The first-order valence-electron chi connectivity index (χ1n) is 16.0. The monoisotopic (exact) mass is 608 g/mol. The Kier molecular flexibility index (Phi) is 9.94. The maximum absolute atomic E-state index is 14.8. The van der Waals surface area contributed by atoms with Gasteiger partial charge in [0.15, 0.2) is 0 Å². The van der Waals surface area contributed by atoms with Crippen LogP contribution in [0.15, 0.2) is 55.6 Å². The van der Waals surface area contributed by atoms with Gasteiger partial charge in [0.25, 0.3) is 0 Å². The molecule has 5 rings (SSSR count). The summed E-state index contributed by atoms with van der Waals surface area (Å²) in [7, 11) is 0. The van der Waals surface area contributed by atoms with Crippen LogP contribution in [0.3, 0.4) is 0 Å². The Balaban J connectivity index is 1.56. The number of hydrogen-bond donors (Lipinski definition) is 1. The fraction of sp³-hybridized carbons (Fsp3) is 0.618. The maximum atomic E-state index is 14.8. The predicted octanol–water partition coefficient (Wildman–Crippen LogP) is 2.26. The van der Waals surface area contributed by atoms with Crippen LogP contribution in [0, 0.1) is 11.8 Å². The van der Waals surface area contributed by atoms with Crippen LogP contribution in [0.4, 0.5) is 0 Å². The number of aliphatic hydroxyl groups is 1. The molecule has 1 aromatic carbocycles. The van der Waals surface area contributed by atoms with Crippen molar-refractivity contribution in [2.24, 2.45) is 11.8 Å². The Morgan fingerprint density at radius 3 is 2.34 bits per heavy atom. The summed E-state index contributed by atoms with van der Waals surface area (Å²) in [6.07, 6.45) is 5.20. The molecule has 2 bridgehead atoms. The van der Waals surface area contributed by atoms with E-state index in [2.05, 4.69) is 18.1 Å². The molecular formula is C34H48N4O6. The average Bonchev–Trinajstić information content (AvgIpc) is 3.60. The first-order chi connectivity index (χ1) is 21.3.